The molecule has 0 saturated carbocycles. The minimum Gasteiger partial charge on any atom is -0.303 e. The Morgan fingerprint density at radius 2 is 1.32 bits per heavy atom. The van der Waals surface area contributed by atoms with Gasteiger partial charge in [-0.05, 0) is 17.5 Å². The van der Waals surface area contributed by atoms with E-state index in [-0.39, 0.29) is 0 Å². The Balaban J connectivity index is 1.87. The average molecular weight is 349 g/mol. The molecule has 0 spiro atoms. The molecular weight excluding hydrogens is 341 g/mol. The van der Waals surface area contributed by atoms with Crippen LogP contribution in [0.3, 0.4) is 0 Å². The van der Waals surface area contributed by atoms with Gasteiger partial charge in [0.25, 0.3) is 5.91 Å². The minimum absolute atomic E-state index is 0.317. The largest absolute Gasteiger partial charge is 0.303 e. The minimum atomic E-state index is -2.23. The maximum absolute atomic E-state index is 13.9. The molecule has 7 heteroatoms. The molecule has 0 aromatic heterocycles. The fraction of sp³-hybridized carbons (Fsp3) is 0.0556. The van der Waals surface area contributed by atoms with Gasteiger partial charge < -0.3 is 4.90 Å². The zero-order chi connectivity index (χ0) is 17.9. The summed E-state index contributed by atoms with van der Waals surface area (Å²) in [5, 5.41) is 1.32. The highest BCUT2D eigenvalue weighted by molar-refractivity contribution is 6.24. The van der Waals surface area contributed by atoms with Crippen LogP contribution < -0.4 is 4.90 Å². The number of rotatable bonds is 2. The zero-order valence-electron chi connectivity index (χ0n) is 12.4. The second-order valence-corrected chi connectivity index (χ2v) is 5.62. The lowest BCUT2D eigenvalue weighted by atomic mass is 10.1. The van der Waals surface area contributed by atoms with Crippen molar-refractivity contribution in [3.05, 3.63) is 76.6 Å². The van der Waals surface area contributed by atoms with Crippen LogP contribution in [0.2, 0.25) is 0 Å². The molecule has 4 rings (SSSR count). The summed E-state index contributed by atoms with van der Waals surface area (Å²) in [6.07, 6.45) is 0. The molecular formula is C18H8F5NO. The maximum atomic E-state index is 13.9. The first-order valence-corrected chi connectivity index (χ1v) is 7.25. The topological polar surface area (TPSA) is 20.3 Å². The lowest BCUT2D eigenvalue weighted by Crippen LogP contribution is -2.28. The van der Waals surface area contributed by atoms with Gasteiger partial charge in [-0.2, -0.15) is 0 Å². The fourth-order valence-corrected chi connectivity index (χ4v) is 3.08. The Morgan fingerprint density at radius 1 is 0.760 bits per heavy atom. The fourth-order valence-electron chi connectivity index (χ4n) is 3.08. The van der Waals surface area contributed by atoms with Gasteiger partial charge in [-0.15, -0.1) is 0 Å². The molecule has 126 valence electrons. The van der Waals surface area contributed by atoms with Crippen molar-refractivity contribution in [2.24, 2.45) is 0 Å². The van der Waals surface area contributed by atoms with Crippen LogP contribution in [0.4, 0.5) is 27.6 Å². The molecule has 1 heterocycles. The van der Waals surface area contributed by atoms with E-state index in [1.165, 1.54) is 0 Å². The first-order valence-electron chi connectivity index (χ1n) is 7.25. The Labute approximate surface area is 138 Å². The van der Waals surface area contributed by atoms with E-state index in [9.17, 15) is 26.7 Å². The van der Waals surface area contributed by atoms with Gasteiger partial charge in [0.1, 0.15) is 0 Å². The first-order chi connectivity index (χ1) is 11.9. The number of hydrogen-bond donors (Lipinski definition) is 0. The Bertz CT molecular complexity index is 1030. The number of amides is 1. The molecule has 0 aliphatic carbocycles. The summed E-state index contributed by atoms with van der Waals surface area (Å²) in [7, 11) is 0. The third kappa shape index (κ3) is 2.05. The lowest BCUT2D eigenvalue weighted by Gasteiger charge is -2.19. The predicted octanol–water partition coefficient (Wildman–Crippen LogP) is 4.70. The first kappa shape index (κ1) is 15.6. The van der Waals surface area contributed by atoms with Crippen molar-refractivity contribution in [3.63, 3.8) is 0 Å². The molecule has 0 bridgehead atoms. The Kier molecular flexibility index (Phi) is 3.28. The maximum Gasteiger partial charge on any atom is 0.259 e. The summed E-state index contributed by atoms with van der Waals surface area (Å²) in [6, 6.07) is 9.93. The molecule has 0 fully saturated rings. The molecule has 3 aromatic carbocycles. The molecule has 2 nitrogen and oxygen atoms in total. The highest BCUT2D eigenvalue weighted by atomic mass is 19.2. The van der Waals surface area contributed by atoms with Gasteiger partial charge in [0.15, 0.2) is 23.3 Å². The molecule has 0 saturated heterocycles. The van der Waals surface area contributed by atoms with Crippen LogP contribution in [0.5, 0.6) is 0 Å². The van der Waals surface area contributed by atoms with E-state index in [0.29, 0.717) is 16.6 Å². The van der Waals surface area contributed by atoms with E-state index >= 15 is 0 Å². The molecule has 0 N–H and O–H groups in total. The number of nitrogens with zero attached hydrogens (tertiary/aromatic N) is 1. The van der Waals surface area contributed by atoms with E-state index < -0.39 is 47.1 Å². The van der Waals surface area contributed by atoms with Gasteiger partial charge in [-0.25, -0.2) is 22.0 Å². The van der Waals surface area contributed by atoms with Crippen molar-refractivity contribution >= 4 is 22.4 Å². The summed E-state index contributed by atoms with van der Waals surface area (Å²) in [4.78, 5) is 13.6. The normalized spacial score (nSPS) is 13.2. The molecule has 25 heavy (non-hydrogen) atoms. The van der Waals surface area contributed by atoms with E-state index in [2.05, 4.69) is 0 Å². The summed E-state index contributed by atoms with van der Waals surface area (Å²) in [5.74, 6) is -10.7. The number of anilines is 1. The van der Waals surface area contributed by atoms with E-state index in [0.717, 1.165) is 10.3 Å². The molecule has 0 radical (unpaired) electrons. The van der Waals surface area contributed by atoms with Crippen LogP contribution in [0.25, 0.3) is 10.8 Å². The molecule has 1 aliphatic heterocycles. The van der Waals surface area contributed by atoms with Gasteiger partial charge in [0.2, 0.25) is 5.82 Å². The standard InChI is InChI=1S/C18H8F5NO/c19-13-10(14(20)16(22)17(23)15(13)21)7-24-11-6-2-4-8-3-1-5-9(12(8)11)18(24)25/h1-6H,7H2. The van der Waals surface area contributed by atoms with Crippen molar-refractivity contribution in [1.29, 1.82) is 0 Å². The van der Waals surface area contributed by atoms with Gasteiger partial charge in [-0.1, -0.05) is 24.3 Å². The summed E-state index contributed by atoms with van der Waals surface area (Å²) in [6.45, 7) is -0.765. The summed E-state index contributed by atoms with van der Waals surface area (Å²) in [5.41, 5.74) is -0.367. The van der Waals surface area contributed by atoms with Crippen LogP contribution in [-0.2, 0) is 6.54 Å². The lowest BCUT2D eigenvalue weighted by molar-refractivity contribution is 0.0991. The molecule has 0 unspecified atom stereocenters. The highest BCUT2D eigenvalue weighted by Crippen LogP contribution is 2.38. The van der Waals surface area contributed by atoms with E-state index in [4.69, 9.17) is 0 Å². The predicted molar refractivity (Wildman–Crippen MR) is 80.7 cm³/mol. The van der Waals surface area contributed by atoms with Gasteiger partial charge in [0, 0.05) is 16.5 Å². The van der Waals surface area contributed by atoms with Crippen LogP contribution in [0.15, 0.2) is 36.4 Å². The van der Waals surface area contributed by atoms with Crippen molar-refractivity contribution in [2.75, 3.05) is 4.90 Å². The zero-order valence-corrected chi connectivity index (χ0v) is 12.4. The second-order valence-electron chi connectivity index (χ2n) is 5.62. The Morgan fingerprint density at radius 3 is 1.96 bits per heavy atom. The Hall–Kier alpha value is -2.96. The smallest absolute Gasteiger partial charge is 0.259 e. The third-order valence-corrected chi connectivity index (χ3v) is 4.27. The number of carbonyl (C=O) groups is 1. The summed E-state index contributed by atoms with van der Waals surface area (Å²) >= 11 is 0. The van der Waals surface area contributed by atoms with E-state index in [1.807, 2.05) is 0 Å². The SMILES string of the molecule is O=C1c2cccc3cccc(c23)N1Cc1c(F)c(F)c(F)c(F)c1F. The van der Waals surface area contributed by atoms with Crippen molar-refractivity contribution in [1.82, 2.24) is 0 Å². The quantitative estimate of drug-likeness (QED) is 0.373. The molecule has 1 aliphatic rings. The van der Waals surface area contributed by atoms with Crippen LogP contribution in [0, 0.1) is 29.1 Å². The van der Waals surface area contributed by atoms with E-state index in [1.54, 1.807) is 36.4 Å². The van der Waals surface area contributed by atoms with Crippen LogP contribution in [0.1, 0.15) is 15.9 Å². The van der Waals surface area contributed by atoms with Crippen LogP contribution in [-0.4, -0.2) is 5.91 Å². The average Bonchev–Trinajstić information content (AvgIpc) is 2.90. The third-order valence-electron chi connectivity index (χ3n) is 4.27. The number of carbonyl (C=O) groups excluding carboxylic acids is 1. The molecule has 0 atom stereocenters. The van der Waals surface area contributed by atoms with Crippen molar-refractivity contribution in [3.8, 4) is 0 Å². The summed E-state index contributed by atoms with van der Waals surface area (Å²) < 4.78 is 67.9. The van der Waals surface area contributed by atoms with Gasteiger partial charge in [-0.3, -0.25) is 4.79 Å². The van der Waals surface area contributed by atoms with Gasteiger partial charge >= 0.3 is 0 Å². The highest BCUT2D eigenvalue weighted by Gasteiger charge is 2.33. The number of hydrogen-bond acceptors (Lipinski definition) is 1. The van der Waals surface area contributed by atoms with Crippen molar-refractivity contribution < 1.29 is 26.7 Å². The van der Waals surface area contributed by atoms with Crippen molar-refractivity contribution in [2.45, 2.75) is 6.54 Å². The second kappa shape index (κ2) is 5.27. The van der Waals surface area contributed by atoms with Gasteiger partial charge in [0.05, 0.1) is 12.2 Å². The number of halogens is 5. The number of benzene rings is 3. The van der Waals surface area contributed by atoms with Crippen LogP contribution >= 0.6 is 0 Å². The monoisotopic (exact) mass is 349 g/mol. The molecule has 3 aromatic rings. The molecule has 1 amide bonds.